The summed E-state index contributed by atoms with van der Waals surface area (Å²) in [6.07, 6.45) is 4.48. The van der Waals surface area contributed by atoms with Crippen molar-refractivity contribution in [3.8, 4) is 0 Å². The molecule has 0 radical (unpaired) electrons. The van der Waals surface area contributed by atoms with Crippen molar-refractivity contribution < 1.29 is 9.59 Å². The van der Waals surface area contributed by atoms with Gasteiger partial charge in [0.05, 0.1) is 5.52 Å². The second kappa shape index (κ2) is 9.66. The van der Waals surface area contributed by atoms with E-state index in [1.165, 1.54) is 12.8 Å². The highest BCUT2D eigenvalue weighted by Crippen LogP contribution is 2.35. The minimum absolute atomic E-state index is 0.0446. The van der Waals surface area contributed by atoms with Crippen LogP contribution in [-0.4, -0.2) is 93.7 Å². The van der Waals surface area contributed by atoms with E-state index in [-0.39, 0.29) is 23.9 Å². The molecule has 2 unspecified atom stereocenters. The van der Waals surface area contributed by atoms with Gasteiger partial charge in [-0.05, 0) is 45.6 Å². The monoisotopic (exact) mass is 466 g/mol. The Balaban J connectivity index is 1.17. The van der Waals surface area contributed by atoms with Crippen LogP contribution in [0.3, 0.4) is 0 Å². The van der Waals surface area contributed by atoms with Crippen molar-refractivity contribution in [1.29, 1.82) is 0 Å². The first-order valence-corrected chi connectivity index (χ1v) is 12.9. The van der Waals surface area contributed by atoms with Gasteiger partial charge in [0, 0.05) is 75.7 Å². The average molecular weight is 467 g/mol. The zero-order valence-corrected chi connectivity index (χ0v) is 20.7. The summed E-state index contributed by atoms with van der Waals surface area (Å²) in [5.74, 6) is 0.141. The lowest BCUT2D eigenvalue weighted by Crippen LogP contribution is -2.54. The first-order chi connectivity index (χ1) is 16.4. The fourth-order valence-corrected chi connectivity index (χ4v) is 6.20. The van der Waals surface area contributed by atoms with Crippen LogP contribution in [-0.2, 0) is 4.79 Å². The molecule has 184 valence electrons. The van der Waals surface area contributed by atoms with Gasteiger partial charge in [-0.3, -0.25) is 24.1 Å². The highest BCUT2D eigenvalue weighted by molar-refractivity contribution is 6.05. The maximum Gasteiger partial charge on any atom is 0.272 e. The van der Waals surface area contributed by atoms with E-state index in [2.05, 4.69) is 34.1 Å². The van der Waals surface area contributed by atoms with Crippen LogP contribution in [0.4, 0.5) is 0 Å². The van der Waals surface area contributed by atoms with Crippen LogP contribution in [0.1, 0.15) is 63.0 Å². The Bertz CT molecular complexity index is 1030. The molecule has 2 atom stereocenters. The molecule has 8 heteroatoms. The van der Waals surface area contributed by atoms with E-state index in [9.17, 15) is 9.59 Å². The fourth-order valence-electron chi connectivity index (χ4n) is 6.20. The van der Waals surface area contributed by atoms with E-state index >= 15 is 0 Å². The van der Waals surface area contributed by atoms with Crippen molar-refractivity contribution in [2.75, 3.05) is 39.3 Å². The number of carbonyl (C=O) groups excluding carboxylic acids is 2. The molecule has 1 N–H and O–H groups in total. The molecule has 1 aromatic heterocycles. The van der Waals surface area contributed by atoms with E-state index in [0.29, 0.717) is 17.8 Å². The van der Waals surface area contributed by atoms with E-state index in [4.69, 9.17) is 0 Å². The predicted octanol–water partition coefficient (Wildman–Crippen LogP) is 2.51. The maximum atomic E-state index is 13.2. The number of para-hydroxylation sites is 1. The van der Waals surface area contributed by atoms with Crippen LogP contribution in [0.5, 0.6) is 0 Å². The van der Waals surface area contributed by atoms with E-state index in [1.54, 1.807) is 6.92 Å². The Morgan fingerprint density at radius 3 is 2.35 bits per heavy atom. The van der Waals surface area contributed by atoms with E-state index < -0.39 is 0 Å². The number of hydrogen-bond donors (Lipinski definition) is 1. The number of benzene rings is 1. The minimum atomic E-state index is -0.0446. The Morgan fingerprint density at radius 2 is 1.71 bits per heavy atom. The van der Waals surface area contributed by atoms with Crippen molar-refractivity contribution in [3.63, 3.8) is 0 Å². The first kappa shape index (κ1) is 23.3. The van der Waals surface area contributed by atoms with Gasteiger partial charge < -0.3 is 10.2 Å². The first-order valence-electron chi connectivity index (χ1n) is 12.9. The standard InChI is InChI=1S/C26H38N6O2/c1-18(2)32-24-7-5-4-6-23(24)25(28-32)26(34)27-20-16-21-8-9-22(17-20)31(21)15-12-29-10-13-30(14-11-29)19(3)33/h4-7,18,20-22H,8-17H2,1-3H3,(H,27,34). The van der Waals surface area contributed by atoms with Gasteiger partial charge in [-0.1, -0.05) is 18.2 Å². The average Bonchev–Trinajstić information content (AvgIpc) is 3.33. The summed E-state index contributed by atoms with van der Waals surface area (Å²) < 4.78 is 1.95. The summed E-state index contributed by atoms with van der Waals surface area (Å²) in [5.41, 5.74) is 1.56. The highest BCUT2D eigenvalue weighted by atomic mass is 16.2. The van der Waals surface area contributed by atoms with E-state index in [0.717, 1.165) is 63.0 Å². The van der Waals surface area contributed by atoms with Gasteiger partial charge in [0.15, 0.2) is 5.69 Å². The number of hydrogen-bond acceptors (Lipinski definition) is 5. The number of nitrogens with zero attached hydrogens (tertiary/aromatic N) is 5. The third-order valence-electron chi connectivity index (χ3n) is 8.03. The number of piperidine rings is 1. The van der Waals surface area contributed by atoms with Crippen molar-refractivity contribution in [2.24, 2.45) is 0 Å². The normalized spacial score (nSPS) is 25.9. The molecular formula is C26H38N6O2. The molecule has 3 aliphatic rings. The highest BCUT2D eigenvalue weighted by Gasteiger charge is 2.41. The molecule has 2 amide bonds. The second-order valence-electron chi connectivity index (χ2n) is 10.5. The van der Waals surface area contributed by atoms with E-state index in [1.807, 2.05) is 33.8 Å². The van der Waals surface area contributed by atoms with Gasteiger partial charge in [0.1, 0.15) is 0 Å². The number of piperazine rings is 1. The molecule has 34 heavy (non-hydrogen) atoms. The van der Waals surface area contributed by atoms with Crippen molar-refractivity contribution >= 4 is 22.7 Å². The largest absolute Gasteiger partial charge is 0.348 e. The van der Waals surface area contributed by atoms with Gasteiger partial charge in [0.2, 0.25) is 5.91 Å². The third kappa shape index (κ3) is 4.58. The van der Waals surface area contributed by atoms with Crippen LogP contribution in [0.25, 0.3) is 10.9 Å². The molecule has 4 heterocycles. The summed E-state index contributed by atoms with van der Waals surface area (Å²) >= 11 is 0. The molecule has 1 aromatic carbocycles. The molecule has 0 saturated carbocycles. The minimum Gasteiger partial charge on any atom is -0.348 e. The maximum absolute atomic E-state index is 13.2. The van der Waals surface area contributed by atoms with Crippen LogP contribution in [0.2, 0.25) is 0 Å². The molecule has 2 bridgehead atoms. The SMILES string of the molecule is CC(=O)N1CCN(CCN2C3CCC2CC(NC(=O)c2nn(C(C)C)c4ccccc24)C3)CC1. The summed E-state index contributed by atoms with van der Waals surface area (Å²) in [6, 6.07) is 9.53. The number of fused-ring (bicyclic) bond motifs is 3. The third-order valence-corrected chi connectivity index (χ3v) is 8.03. The number of nitrogens with one attached hydrogen (secondary N) is 1. The molecular weight excluding hydrogens is 428 g/mol. The summed E-state index contributed by atoms with van der Waals surface area (Å²) in [6.45, 7) is 11.6. The molecule has 5 rings (SSSR count). The topological polar surface area (TPSA) is 73.7 Å². The summed E-state index contributed by atoms with van der Waals surface area (Å²) in [4.78, 5) is 31.9. The lowest BCUT2D eigenvalue weighted by Gasteiger charge is -2.41. The van der Waals surface area contributed by atoms with Crippen molar-refractivity contribution in [2.45, 2.75) is 70.6 Å². The molecule has 3 aliphatic heterocycles. The molecule has 0 spiro atoms. The zero-order chi connectivity index (χ0) is 23.8. The van der Waals surface area contributed by atoms with Crippen molar-refractivity contribution in [3.05, 3.63) is 30.0 Å². The van der Waals surface area contributed by atoms with Crippen LogP contribution >= 0.6 is 0 Å². The number of rotatable bonds is 6. The molecule has 8 nitrogen and oxygen atoms in total. The summed E-state index contributed by atoms with van der Waals surface area (Å²) in [7, 11) is 0. The zero-order valence-electron chi connectivity index (χ0n) is 20.7. The lowest BCUT2D eigenvalue weighted by molar-refractivity contribution is -0.130. The smallest absolute Gasteiger partial charge is 0.272 e. The Morgan fingerprint density at radius 1 is 1.03 bits per heavy atom. The Kier molecular flexibility index (Phi) is 6.62. The van der Waals surface area contributed by atoms with Gasteiger partial charge in [-0.25, -0.2) is 0 Å². The lowest BCUT2D eigenvalue weighted by atomic mass is 9.97. The van der Waals surface area contributed by atoms with Gasteiger partial charge in [-0.15, -0.1) is 0 Å². The van der Waals surface area contributed by atoms with Gasteiger partial charge in [0.25, 0.3) is 5.91 Å². The van der Waals surface area contributed by atoms with Gasteiger partial charge >= 0.3 is 0 Å². The Hall–Kier alpha value is -2.45. The van der Waals surface area contributed by atoms with Crippen molar-refractivity contribution in [1.82, 2.24) is 29.8 Å². The number of carbonyl (C=O) groups is 2. The number of aromatic nitrogens is 2. The second-order valence-corrected chi connectivity index (χ2v) is 10.5. The molecule has 3 saturated heterocycles. The van der Waals surface area contributed by atoms with Crippen LogP contribution < -0.4 is 5.32 Å². The summed E-state index contributed by atoms with van der Waals surface area (Å²) in [5, 5.41) is 8.95. The number of amides is 2. The van der Waals surface area contributed by atoms with Gasteiger partial charge in [-0.2, -0.15) is 5.10 Å². The molecule has 2 aromatic rings. The fraction of sp³-hybridized carbons (Fsp3) is 0.654. The predicted molar refractivity (Wildman–Crippen MR) is 133 cm³/mol. The molecule has 0 aliphatic carbocycles. The Labute approximate surface area is 202 Å². The van der Waals surface area contributed by atoms with Crippen LogP contribution in [0.15, 0.2) is 24.3 Å². The van der Waals surface area contributed by atoms with Crippen LogP contribution in [0, 0.1) is 0 Å². The molecule has 3 fully saturated rings. The quantitative estimate of drug-likeness (QED) is 0.708.